The highest BCUT2D eigenvalue weighted by Gasteiger charge is 2.28. The second kappa shape index (κ2) is 6.13. The van der Waals surface area contributed by atoms with Crippen LogP contribution >= 0.6 is 0 Å². The molecule has 1 aliphatic rings. The van der Waals surface area contributed by atoms with Gasteiger partial charge in [0.25, 0.3) is 10.2 Å². The molecule has 0 saturated carbocycles. The van der Waals surface area contributed by atoms with Crippen LogP contribution in [0.5, 0.6) is 0 Å². The molecule has 8 heteroatoms. The van der Waals surface area contributed by atoms with Crippen LogP contribution in [0.3, 0.4) is 0 Å². The molecule has 0 aromatic carbocycles. The lowest BCUT2D eigenvalue weighted by Gasteiger charge is -2.34. The molecule has 0 radical (unpaired) electrons. The summed E-state index contributed by atoms with van der Waals surface area (Å²) in [6.45, 7) is 5.08. The molecular weight excluding hydrogens is 278 g/mol. The van der Waals surface area contributed by atoms with E-state index in [1.165, 1.54) is 8.61 Å². The quantitative estimate of drug-likeness (QED) is 0.764. The first-order valence-corrected chi connectivity index (χ1v) is 7.98. The van der Waals surface area contributed by atoms with E-state index in [0.717, 1.165) is 31.2 Å². The average Bonchev–Trinajstić information content (AvgIpc) is 2.39. The fourth-order valence-electron chi connectivity index (χ4n) is 2.17. The molecule has 7 nitrogen and oxygen atoms in total. The minimum Gasteiger partial charge on any atom is -0.295 e. The predicted octanol–water partition coefficient (Wildman–Crippen LogP) is -0.291. The van der Waals surface area contributed by atoms with E-state index in [4.69, 9.17) is 0 Å². The zero-order valence-electron chi connectivity index (χ0n) is 12.2. The van der Waals surface area contributed by atoms with Crippen LogP contribution in [0.2, 0.25) is 0 Å². The lowest BCUT2D eigenvalue weighted by Crippen LogP contribution is -2.51. The first kappa shape index (κ1) is 15.3. The van der Waals surface area contributed by atoms with Gasteiger partial charge in [0.05, 0.1) is 5.69 Å². The Kier molecular flexibility index (Phi) is 4.69. The number of hydrogen-bond acceptors (Lipinski definition) is 5. The van der Waals surface area contributed by atoms with Crippen LogP contribution in [-0.4, -0.2) is 72.2 Å². The minimum absolute atomic E-state index is 0.518. The smallest absolute Gasteiger partial charge is 0.281 e. The molecule has 0 spiro atoms. The van der Waals surface area contributed by atoms with Crippen molar-refractivity contribution in [1.82, 2.24) is 23.5 Å². The average molecular weight is 299 g/mol. The van der Waals surface area contributed by atoms with Crippen molar-refractivity contribution in [1.29, 1.82) is 0 Å². The van der Waals surface area contributed by atoms with Crippen LogP contribution < -0.4 is 0 Å². The largest absolute Gasteiger partial charge is 0.295 e. The van der Waals surface area contributed by atoms with E-state index in [-0.39, 0.29) is 0 Å². The van der Waals surface area contributed by atoms with Crippen LogP contribution in [-0.2, 0) is 16.8 Å². The molecule has 0 atom stereocenters. The van der Waals surface area contributed by atoms with Gasteiger partial charge in [-0.1, -0.05) is 0 Å². The molecule has 1 aliphatic heterocycles. The van der Waals surface area contributed by atoms with Gasteiger partial charge in [-0.25, -0.2) is 9.97 Å². The molecule has 0 amide bonds. The first-order valence-electron chi connectivity index (χ1n) is 6.58. The monoisotopic (exact) mass is 299 g/mol. The van der Waals surface area contributed by atoms with E-state index in [1.807, 2.05) is 13.0 Å². The molecule has 0 unspecified atom stereocenters. The fourth-order valence-corrected chi connectivity index (χ4v) is 3.26. The maximum atomic E-state index is 12.0. The van der Waals surface area contributed by atoms with Crippen molar-refractivity contribution in [2.75, 3.05) is 40.3 Å². The molecular formula is C12H21N5O2S. The number of piperazine rings is 1. The van der Waals surface area contributed by atoms with Gasteiger partial charge in [0.2, 0.25) is 0 Å². The summed E-state index contributed by atoms with van der Waals surface area (Å²) < 4.78 is 26.8. The minimum atomic E-state index is -3.29. The van der Waals surface area contributed by atoms with Gasteiger partial charge < -0.3 is 0 Å². The topological polar surface area (TPSA) is 69.6 Å². The zero-order chi connectivity index (χ0) is 14.8. The Bertz CT molecular complexity index is 553. The summed E-state index contributed by atoms with van der Waals surface area (Å²) in [4.78, 5) is 10.7. The number of aromatic nitrogens is 2. The molecule has 1 saturated heterocycles. The summed E-state index contributed by atoms with van der Waals surface area (Å²) in [7, 11) is -0.167. The zero-order valence-corrected chi connectivity index (χ0v) is 13.0. The Hall–Kier alpha value is -1.09. The Morgan fingerprint density at radius 2 is 1.90 bits per heavy atom. The van der Waals surface area contributed by atoms with Crippen molar-refractivity contribution < 1.29 is 8.42 Å². The highest BCUT2D eigenvalue weighted by atomic mass is 32.2. The Morgan fingerprint density at radius 1 is 1.25 bits per heavy atom. The third-order valence-corrected chi connectivity index (χ3v) is 5.28. The van der Waals surface area contributed by atoms with Gasteiger partial charge >= 0.3 is 0 Å². The molecule has 2 rings (SSSR count). The maximum absolute atomic E-state index is 12.0. The van der Waals surface area contributed by atoms with E-state index in [2.05, 4.69) is 14.9 Å². The standard InChI is InChI=1S/C12H21N5O2S/c1-11-13-5-4-12(14-11)10-16-6-8-17(9-7-16)20(18,19)15(2)3/h4-5H,6-10H2,1-3H3. The molecule has 0 aliphatic carbocycles. The van der Waals surface area contributed by atoms with Crippen molar-refractivity contribution in [2.24, 2.45) is 0 Å². The third-order valence-electron chi connectivity index (χ3n) is 3.34. The summed E-state index contributed by atoms with van der Waals surface area (Å²) in [6, 6.07) is 1.90. The van der Waals surface area contributed by atoms with Crippen molar-refractivity contribution >= 4 is 10.2 Å². The van der Waals surface area contributed by atoms with Gasteiger partial charge in [-0.2, -0.15) is 17.0 Å². The second-order valence-electron chi connectivity index (χ2n) is 5.06. The van der Waals surface area contributed by atoms with Gasteiger partial charge in [0.15, 0.2) is 0 Å². The molecule has 1 aromatic heterocycles. The van der Waals surface area contributed by atoms with Gasteiger partial charge in [0.1, 0.15) is 5.82 Å². The third kappa shape index (κ3) is 3.51. The number of nitrogens with zero attached hydrogens (tertiary/aromatic N) is 5. The van der Waals surface area contributed by atoms with E-state index >= 15 is 0 Å². The van der Waals surface area contributed by atoms with E-state index in [9.17, 15) is 8.42 Å². The Labute approximate surface area is 120 Å². The molecule has 0 N–H and O–H groups in total. The highest BCUT2D eigenvalue weighted by Crippen LogP contribution is 2.11. The first-order chi connectivity index (χ1) is 9.39. The second-order valence-corrected chi connectivity index (χ2v) is 7.20. The van der Waals surface area contributed by atoms with Crippen molar-refractivity contribution in [3.05, 3.63) is 23.8 Å². The van der Waals surface area contributed by atoms with Crippen molar-refractivity contribution in [3.8, 4) is 0 Å². The molecule has 1 aromatic rings. The van der Waals surface area contributed by atoms with Gasteiger partial charge in [-0.3, -0.25) is 4.90 Å². The maximum Gasteiger partial charge on any atom is 0.281 e. The lowest BCUT2D eigenvalue weighted by molar-refractivity contribution is 0.175. The van der Waals surface area contributed by atoms with E-state index in [0.29, 0.717) is 13.1 Å². The number of aryl methyl sites for hydroxylation is 1. The van der Waals surface area contributed by atoms with Crippen molar-refractivity contribution in [2.45, 2.75) is 13.5 Å². The molecule has 2 heterocycles. The van der Waals surface area contributed by atoms with Crippen LogP contribution in [0.1, 0.15) is 11.5 Å². The predicted molar refractivity (Wildman–Crippen MR) is 76.2 cm³/mol. The fraction of sp³-hybridized carbons (Fsp3) is 0.667. The van der Waals surface area contributed by atoms with Gasteiger partial charge in [-0.05, 0) is 13.0 Å². The number of rotatable bonds is 4. The van der Waals surface area contributed by atoms with Gasteiger partial charge in [0, 0.05) is 53.0 Å². The SMILES string of the molecule is Cc1nccc(CN2CCN(S(=O)(=O)N(C)C)CC2)n1. The lowest BCUT2D eigenvalue weighted by atomic mass is 10.3. The van der Waals surface area contributed by atoms with Crippen molar-refractivity contribution in [3.63, 3.8) is 0 Å². The molecule has 0 bridgehead atoms. The van der Waals surface area contributed by atoms with Crippen LogP contribution in [0.25, 0.3) is 0 Å². The van der Waals surface area contributed by atoms with Crippen LogP contribution in [0.15, 0.2) is 12.3 Å². The van der Waals surface area contributed by atoms with Gasteiger partial charge in [-0.15, -0.1) is 0 Å². The summed E-state index contributed by atoms with van der Waals surface area (Å²) in [6.07, 6.45) is 1.75. The van der Waals surface area contributed by atoms with Crippen LogP contribution in [0.4, 0.5) is 0 Å². The molecule has 20 heavy (non-hydrogen) atoms. The highest BCUT2D eigenvalue weighted by molar-refractivity contribution is 7.86. The Balaban J connectivity index is 1.92. The summed E-state index contributed by atoms with van der Waals surface area (Å²) in [5.74, 6) is 0.760. The summed E-state index contributed by atoms with van der Waals surface area (Å²) in [5, 5.41) is 0. The molecule has 112 valence electrons. The Morgan fingerprint density at radius 3 is 2.45 bits per heavy atom. The number of hydrogen-bond donors (Lipinski definition) is 0. The summed E-state index contributed by atoms with van der Waals surface area (Å²) in [5.41, 5.74) is 0.974. The molecule has 1 fully saturated rings. The van der Waals surface area contributed by atoms with E-state index in [1.54, 1.807) is 20.3 Å². The summed E-state index contributed by atoms with van der Waals surface area (Å²) >= 11 is 0. The normalized spacial score (nSPS) is 18.6. The van der Waals surface area contributed by atoms with Crippen LogP contribution in [0, 0.1) is 6.92 Å². The van der Waals surface area contributed by atoms with E-state index < -0.39 is 10.2 Å².